The first-order valence-corrected chi connectivity index (χ1v) is 31.4. The van der Waals surface area contributed by atoms with Gasteiger partial charge in [-0.15, -0.1) is 0 Å². The summed E-state index contributed by atoms with van der Waals surface area (Å²) in [6.45, 7) is 26.8. The molecule has 0 amide bonds. The summed E-state index contributed by atoms with van der Waals surface area (Å²) in [7, 11) is 0. The number of hydrogen-bond acceptors (Lipinski definition) is 0. The topological polar surface area (TPSA) is 0 Å². The van der Waals surface area contributed by atoms with Crippen molar-refractivity contribution in [2.24, 2.45) is 0 Å². The Labute approximate surface area is 265 Å². The van der Waals surface area contributed by atoms with E-state index in [0.29, 0.717) is 30.9 Å². The quantitative estimate of drug-likeness (QED) is 0.210. The third kappa shape index (κ3) is 5.21. The number of hydrogen-bond donors (Lipinski definition) is 0. The number of benzene rings is 3. The SMILES string of the molecule is CC1=Cc2c(C(C)C)cc(C(C)C)cc2[CH]1[Zr]([CH3])([CH3])([CH]1C(C)=Cc2c(C(C)C)cc(C(C)C)cc21)[SiH](C)c1ccccc1. The molecule has 3 atom stereocenters. The van der Waals surface area contributed by atoms with Gasteiger partial charge in [-0.1, -0.05) is 0 Å². The van der Waals surface area contributed by atoms with Crippen LogP contribution < -0.4 is 5.19 Å². The third-order valence-corrected chi connectivity index (χ3v) is 55.3. The van der Waals surface area contributed by atoms with Gasteiger partial charge < -0.3 is 0 Å². The summed E-state index contributed by atoms with van der Waals surface area (Å²) >= 11 is -3.93. The summed E-state index contributed by atoms with van der Waals surface area (Å²) in [5, 5.41) is 1.66. The Hall–Kier alpha value is -1.76. The van der Waals surface area contributed by atoms with E-state index in [9.17, 15) is 0 Å². The predicted octanol–water partition coefficient (Wildman–Crippen LogP) is 11.8. The first kappa shape index (κ1) is 32.6. The van der Waals surface area contributed by atoms with Gasteiger partial charge in [0.1, 0.15) is 0 Å². The molecule has 0 radical (unpaired) electrons. The zero-order valence-corrected chi connectivity index (χ0v) is 33.0. The molecule has 3 unspecified atom stereocenters. The van der Waals surface area contributed by atoms with Crippen LogP contribution in [0.25, 0.3) is 12.2 Å². The second-order valence-corrected chi connectivity index (χ2v) is 51.9. The minimum atomic E-state index is -3.93. The number of allylic oxidation sites excluding steroid dienone is 2. The molecular formula is C41H57SiZr. The van der Waals surface area contributed by atoms with Crippen LogP contribution >= 0.6 is 0 Å². The summed E-state index contributed by atoms with van der Waals surface area (Å²) in [6.07, 6.45) is 5.26. The normalized spacial score (nSPS) is 19.9. The molecule has 0 saturated heterocycles. The van der Waals surface area contributed by atoms with Gasteiger partial charge in [0, 0.05) is 0 Å². The molecular weight excluding hydrogens is 612 g/mol. The molecule has 0 nitrogen and oxygen atoms in total. The average Bonchev–Trinajstić information content (AvgIpc) is 3.47. The van der Waals surface area contributed by atoms with Crippen LogP contribution in [0.5, 0.6) is 0 Å². The summed E-state index contributed by atoms with van der Waals surface area (Å²) in [5.74, 6) is 0.649. The van der Waals surface area contributed by atoms with Gasteiger partial charge in [0.15, 0.2) is 0 Å². The van der Waals surface area contributed by atoms with Gasteiger partial charge in [-0.05, 0) is 0 Å². The second-order valence-electron chi connectivity index (χ2n) is 16.4. The van der Waals surface area contributed by atoms with Crippen molar-refractivity contribution in [3.63, 3.8) is 0 Å². The van der Waals surface area contributed by atoms with Crippen molar-refractivity contribution in [1.29, 1.82) is 0 Å². The number of fused-ring (bicyclic) bond motifs is 2. The molecule has 0 aromatic heterocycles. The summed E-state index contributed by atoms with van der Waals surface area (Å²) in [4.78, 5) is 0. The average molecular weight is 669 g/mol. The summed E-state index contributed by atoms with van der Waals surface area (Å²) in [6, 6.07) is 22.2. The van der Waals surface area contributed by atoms with Gasteiger partial charge in [0.05, 0.1) is 0 Å². The standard InChI is InChI=1S/2C16H21.C7H9Si.2CH3.Zr/c2*1-10(2)13-8-14-6-12(5)7-16(14)15(9-13)11(3)4;1-8-7-5-3-2-4-6-7;;;/h2*6-11H,1-5H3;2-6,8H,1H3;2*1H3;. The zero-order chi connectivity index (χ0) is 31.6. The molecule has 0 fully saturated rings. The van der Waals surface area contributed by atoms with Crippen LogP contribution in [0.3, 0.4) is 0 Å². The first-order valence-electron chi connectivity index (χ1n) is 17.0. The van der Waals surface area contributed by atoms with E-state index in [1.165, 1.54) is 11.1 Å². The molecule has 229 valence electrons. The van der Waals surface area contributed by atoms with Crippen molar-refractivity contribution in [1.82, 2.24) is 0 Å². The Morgan fingerprint density at radius 1 is 0.581 bits per heavy atom. The maximum atomic E-state index is 2.92. The maximum absolute atomic E-state index is 3.93. The van der Waals surface area contributed by atoms with Crippen molar-refractivity contribution in [3.8, 4) is 0 Å². The van der Waals surface area contributed by atoms with Crippen LogP contribution in [0.1, 0.15) is 145 Å². The fraction of sp³-hybridized carbons (Fsp3) is 0.463. The Morgan fingerprint density at radius 2 is 0.977 bits per heavy atom. The molecule has 0 aliphatic heterocycles. The predicted molar refractivity (Wildman–Crippen MR) is 193 cm³/mol. The van der Waals surface area contributed by atoms with Crippen molar-refractivity contribution in [3.05, 3.63) is 110 Å². The van der Waals surface area contributed by atoms with Gasteiger partial charge in [0.2, 0.25) is 0 Å². The zero-order valence-electron chi connectivity index (χ0n) is 29.4. The fourth-order valence-electron chi connectivity index (χ4n) is 9.34. The van der Waals surface area contributed by atoms with E-state index >= 15 is 0 Å². The molecule has 0 N–H and O–H groups in total. The van der Waals surface area contributed by atoms with Gasteiger partial charge in [0.25, 0.3) is 0 Å². The van der Waals surface area contributed by atoms with Crippen LogP contribution in [0, 0.1) is 0 Å². The van der Waals surface area contributed by atoms with Crippen LogP contribution in [0.15, 0.2) is 65.7 Å². The Balaban J connectivity index is 1.88. The first-order chi connectivity index (χ1) is 20.1. The Kier molecular flexibility index (Phi) is 8.76. The molecule has 2 heteroatoms. The molecule has 2 aliphatic rings. The summed E-state index contributed by atoms with van der Waals surface area (Å²) < 4.78 is 6.96. The van der Waals surface area contributed by atoms with Gasteiger partial charge in [-0.2, -0.15) is 0 Å². The molecule has 5 rings (SSSR count). The van der Waals surface area contributed by atoms with E-state index in [2.05, 4.69) is 152 Å². The van der Waals surface area contributed by atoms with Crippen molar-refractivity contribution < 1.29 is 17.9 Å². The van der Waals surface area contributed by atoms with Crippen LogP contribution in [0.4, 0.5) is 0 Å². The van der Waals surface area contributed by atoms with Crippen LogP contribution in [0.2, 0.25) is 15.8 Å². The molecule has 0 bridgehead atoms. The second kappa shape index (κ2) is 11.6. The van der Waals surface area contributed by atoms with Crippen molar-refractivity contribution in [2.45, 2.75) is 116 Å². The van der Waals surface area contributed by atoms with E-state index in [-0.39, 0.29) is 0 Å². The van der Waals surface area contributed by atoms with Crippen molar-refractivity contribution in [2.75, 3.05) is 0 Å². The van der Waals surface area contributed by atoms with E-state index in [4.69, 9.17) is 0 Å². The fourth-order valence-corrected chi connectivity index (χ4v) is 48.3. The van der Waals surface area contributed by atoms with E-state index < -0.39 is 23.9 Å². The molecule has 3 aromatic rings. The molecule has 3 aromatic carbocycles. The van der Waals surface area contributed by atoms with E-state index in [1.54, 1.807) is 49.7 Å². The molecule has 43 heavy (non-hydrogen) atoms. The third-order valence-electron chi connectivity index (χ3n) is 11.9. The van der Waals surface area contributed by atoms with Crippen LogP contribution in [-0.2, 0) is 17.9 Å². The van der Waals surface area contributed by atoms with Crippen molar-refractivity contribution >= 4 is 23.3 Å². The monoisotopic (exact) mass is 667 g/mol. The van der Waals surface area contributed by atoms with Gasteiger partial charge >= 0.3 is 267 Å². The van der Waals surface area contributed by atoms with E-state index in [0.717, 1.165) is 0 Å². The molecule has 0 saturated carbocycles. The Morgan fingerprint density at radius 3 is 1.33 bits per heavy atom. The van der Waals surface area contributed by atoms with Gasteiger partial charge in [-0.3, -0.25) is 0 Å². The Bertz CT molecular complexity index is 1500. The molecule has 2 aliphatic carbocycles. The molecule has 0 spiro atoms. The van der Waals surface area contributed by atoms with Crippen LogP contribution in [-0.4, -0.2) is 5.92 Å². The summed E-state index contributed by atoms with van der Waals surface area (Å²) in [5.41, 5.74) is 15.9. The minimum absolute atomic E-state index is 0.518. The number of rotatable bonds is 8. The van der Waals surface area contributed by atoms with E-state index in [1.807, 2.05) is 0 Å². The van der Waals surface area contributed by atoms with Gasteiger partial charge in [-0.25, -0.2) is 0 Å². The molecule has 0 heterocycles.